The Hall–Kier alpha value is -3.06. The van der Waals surface area contributed by atoms with Crippen LogP contribution in [0.4, 0.5) is 0 Å². The maximum atomic E-state index is 5.60. The van der Waals surface area contributed by atoms with Crippen molar-refractivity contribution in [3.63, 3.8) is 0 Å². The summed E-state index contributed by atoms with van der Waals surface area (Å²) < 4.78 is 12.7. The second-order valence-corrected chi connectivity index (χ2v) is 6.42. The monoisotopic (exact) mass is 364 g/mol. The Kier molecular flexibility index (Phi) is 4.70. The van der Waals surface area contributed by atoms with Crippen molar-refractivity contribution in [2.75, 3.05) is 7.11 Å². The summed E-state index contributed by atoms with van der Waals surface area (Å²) in [5, 5.41) is 9.02. The molecule has 0 aliphatic rings. The van der Waals surface area contributed by atoms with Gasteiger partial charge < -0.3 is 9.15 Å². The number of ether oxygens (including phenoxy) is 1. The third kappa shape index (κ3) is 3.48. The standard InChI is InChI=1S/C19H16N4O2S/c1-24-17-9-7-14(8-10-17)18-21-15(11-25-18)12-26-19-22-20-13-23(19)16-5-3-2-4-6-16/h2-11,13H,12H2,1H3. The van der Waals surface area contributed by atoms with Crippen molar-refractivity contribution in [3.05, 3.63) is 72.9 Å². The summed E-state index contributed by atoms with van der Waals surface area (Å²) in [5.74, 6) is 2.04. The SMILES string of the molecule is COc1ccc(-c2nc(CSc3nncn3-c3ccccc3)co2)cc1. The first-order chi connectivity index (χ1) is 12.8. The molecular weight excluding hydrogens is 348 g/mol. The average Bonchev–Trinajstić information content (AvgIpc) is 3.36. The highest BCUT2D eigenvalue weighted by Crippen LogP contribution is 2.26. The number of oxazole rings is 1. The van der Waals surface area contributed by atoms with E-state index in [4.69, 9.17) is 9.15 Å². The van der Waals surface area contributed by atoms with Crippen molar-refractivity contribution >= 4 is 11.8 Å². The lowest BCUT2D eigenvalue weighted by atomic mass is 10.2. The molecule has 4 rings (SSSR count). The second kappa shape index (κ2) is 7.45. The van der Waals surface area contributed by atoms with Gasteiger partial charge in [-0.1, -0.05) is 30.0 Å². The van der Waals surface area contributed by atoms with E-state index in [0.29, 0.717) is 11.6 Å². The van der Waals surface area contributed by atoms with Crippen LogP contribution < -0.4 is 4.74 Å². The van der Waals surface area contributed by atoms with E-state index in [-0.39, 0.29) is 0 Å². The van der Waals surface area contributed by atoms with E-state index in [1.807, 2.05) is 59.2 Å². The van der Waals surface area contributed by atoms with Gasteiger partial charge in [0.05, 0.1) is 12.8 Å². The van der Waals surface area contributed by atoms with Crippen LogP contribution in [0.3, 0.4) is 0 Å². The summed E-state index contributed by atoms with van der Waals surface area (Å²) in [6, 6.07) is 17.6. The van der Waals surface area contributed by atoms with E-state index >= 15 is 0 Å². The third-order valence-electron chi connectivity index (χ3n) is 3.79. The van der Waals surface area contributed by atoms with E-state index in [1.165, 1.54) is 0 Å². The lowest BCUT2D eigenvalue weighted by molar-refractivity contribution is 0.415. The minimum Gasteiger partial charge on any atom is -0.497 e. The molecule has 26 heavy (non-hydrogen) atoms. The predicted molar refractivity (Wildman–Crippen MR) is 99.4 cm³/mol. The van der Waals surface area contributed by atoms with E-state index in [9.17, 15) is 0 Å². The molecule has 0 atom stereocenters. The first kappa shape index (κ1) is 16.4. The molecule has 4 aromatic rings. The maximum Gasteiger partial charge on any atom is 0.226 e. The highest BCUT2D eigenvalue weighted by Gasteiger charge is 2.11. The number of rotatable bonds is 6. The molecule has 0 saturated heterocycles. The van der Waals surface area contributed by atoms with Crippen molar-refractivity contribution in [1.82, 2.24) is 19.7 Å². The molecule has 0 radical (unpaired) electrons. The molecule has 0 bridgehead atoms. The van der Waals surface area contributed by atoms with Gasteiger partial charge in [0.15, 0.2) is 5.16 Å². The molecule has 0 aliphatic heterocycles. The van der Waals surface area contributed by atoms with E-state index in [2.05, 4.69) is 15.2 Å². The molecular formula is C19H16N4O2S. The molecule has 2 aromatic heterocycles. The van der Waals surface area contributed by atoms with Gasteiger partial charge in [0, 0.05) is 17.0 Å². The van der Waals surface area contributed by atoms with Gasteiger partial charge in [0.25, 0.3) is 0 Å². The number of aromatic nitrogens is 4. The van der Waals surface area contributed by atoms with Gasteiger partial charge in [-0.25, -0.2) is 4.98 Å². The zero-order chi connectivity index (χ0) is 17.8. The van der Waals surface area contributed by atoms with Crippen molar-refractivity contribution in [2.24, 2.45) is 0 Å². The van der Waals surface area contributed by atoms with Crippen LogP contribution in [0.1, 0.15) is 5.69 Å². The van der Waals surface area contributed by atoms with Gasteiger partial charge in [-0.05, 0) is 36.4 Å². The minimum atomic E-state index is 0.591. The second-order valence-electron chi connectivity index (χ2n) is 5.48. The molecule has 7 heteroatoms. The lowest BCUT2D eigenvalue weighted by Gasteiger charge is -2.04. The zero-order valence-electron chi connectivity index (χ0n) is 14.1. The van der Waals surface area contributed by atoms with Crippen LogP contribution in [-0.2, 0) is 5.75 Å². The fourth-order valence-corrected chi connectivity index (χ4v) is 3.27. The molecule has 0 fully saturated rings. The van der Waals surface area contributed by atoms with Crippen LogP contribution in [-0.4, -0.2) is 26.9 Å². The van der Waals surface area contributed by atoms with Crippen LogP contribution in [0.2, 0.25) is 0 Å². The van der Waals surface area contributed by atoms with Crippen LogP contribution >= 0.6 is 11.8 Å². The Morgan fingerprint density at radius 2 is 1.88 bits per heavy atom. The fraction of sp³-hybridized carbons (Fsp3) is 0.105. The third-order valence-corrected chi connectivity index (χ3v) is 4.77. The smallest absolute Gasteiger partial charge is 0.226 e. The summed E-state index contributed by atoms with van der Waals surface area (Å²) >= 11 is 1.56. The Morgan fingerprint density at radius 1 is 1.08 bits per heavy atom. The van der Waals surface area contributed by atoms with Crippen molar-refractivity contribution < 1.29 is 9.15 Å². The Morgan fingerprint density at radius 3 is 2.65 bits per heavy atom. The molecule has 2 heterocycles. The number of para-hydroxylation sites is 1. The quantitative estimate of drug-likeness (QED) is 0.477. The van der Waals surface area contributed by atoms with Gasteiger partial charge >= 0.3 is 0 Å². The van der Waals surface area contributed by atoms with Gasteiger partial charge in [0.2, 0.25) is 5.89 Å². The number of hydrogen-bond acceptors (Lipinski definition) is 6. The van der Waals surface area contributed by atoms with Crippen LogP contribution in [0, 0.1) is 0 Å². The van der Waals surface area contributed by atoms with Crippen molar-refractivity contribution in [1.29, 1.82) is 0 Å². The number of nitrogens with zero attached hydrogens (tertiary/aromatic N) is 4. The topological polar surface area (TPSA) is 66.0 Å². The largest absolute Gasteiger partial charge is 0.497 e. The minimum absolute atomic E-state index is 0.591. The van der Waals surface area contributed by atoms with Crippen LogP contribution in [0.5, 0.6) is 5.75 Å². The van der Waals surface area contributed by atoms with Gasteiger partial charge in [0.1, 0.15) is 18.3 Å². The number of methoxy groups -OCH3 is 1. The molecule has 130 valence electrons. The summed E-state index contributed by atoms with van der Waals surface area (Å²) in [5.41, 5.74) is 2.79. The van der Waals surface area contributed by atoms with Gasteiger partial charge in [-0.2, -0.15) is 0 Å². The summed E-state index contributed by atoms with van der Waals surface area (Å²) in [7, 11) is 1.64. The zero-order valence-corrected chi connectivity index (χ0v) is 14.9. The summed E-state index contributed by atoms with van der Waals surface area (Å²) in [6.45, 7) is 0. The van der Waals surface area contributed by atoms with Gasteiger partial charge in [-0.3, -0.25) is 4.57 Å². The molecule has 0 N–H and O–H groups in total. The van der Waals surface area contributed by atoms with E-state index in [1.54, 1.807) is 31.5 Å². The molecule has 0 amide bonds. The Labute approximate surface area is 154 Å². The molecule has 2 aromatic carbocycles. The highest BCUT2D eigenvalue weighted by molar-refractivity contribution is 7.98. The maximum absolute atomic E-state index is 5.60. The lowest BCUT2D eigenvalue weighted by Crippen LogP contribution is -1.95. The molecule has 0 spiro atoms. The molecule has 0 saturated carbocycles. The summed E-state index contributed by atoms with van der Waals surface area (Å²) in [6.07, 6.45) is 3.39. The van der Waals surface area contributed by atoms with Gasteiger partial charge in [-0.15, -0.1) is 10.2 Å². The fourth-order valence-electron chi connectivity index (χ4n) is 2.47. The first-order valence-electron chi connectivity index (χ1n) is 8.00. The van der Waals surface area contributed by atoms with Crippen LogP contribution in [0.15, 0.2) is 76.8 Å². The number of hydrogen-bond donors (Lipinski definition) is 0. The van der Waals surface area contributed by atoms with Crippen molar-refractivity contribution in [2.45, 2.75) is 10.9 Å². The van der Waals surface area contributed by atoms with E-state index < -0.39 is 0 Å². The molecule has 0 aliphatic carbocycles. The number of thioether (sulfide) groups is 1. The van der Waals surface area contributed by atoms with Crippen molar-refractivity contribution in [3.8, 4) is 22.9 Å². The average molecular weight is 364 g/mol. The number of benzene rings is 2. The molecule has 0 unspecified atom stereocenters. The molecule has 6 nitrogen and oxygen atoms in total. The predicted octanol–water partition coefficient (Wildman–Crippen LogP) is 4.22. The summed E-state index contributed by atoms with van der Waals surface area (Å²) in [4.78, 5) is 4.55. The Bertz CT molecular complexity index is 980. The van der Waals surface area contributed by atoms with Crippen LogP contribution in [0.25, 0.3) is 17.1 Å². The van der Waals surface area contributed by atoms with E-state index in [0.717, 1.165) is 27.9 Å². The first-order valence-corrected chi connectivity index (χ1v) is 8.99. The Balaban J connectivity index is 1.46. The normalized spacial score (nSPS) is 10.8. The highest BCUT2D eigenvalue weighted by atomic mass is 32.2.